The molecule has 1 unspecified atom stereocenters. The van der Waals surface area contributed by atoms with Crippen molar-refractivity contribution in [2.24, 2.45) is 0 Å². The van der Waals surface area contributed by atoms with E-state index in [2.05, 4.69) is 15.4 Å². The summed E-state index contributed by atoms with van der Waals surface area (Å²) >= 11 is 1.56. The van der Waals surface area contributed by atoms with Gasteiger partial charge in [0.15, 0.2) is 5.65 Å². The summed E-state index contributed by atoms with van der Waals surface area (Å²) in [7, 11) is 0. The number of nitrogens with one attached hydrogen (secondary N) is 2. The van der Waals surface area contributed by atoms with E-state index in [0.717, 1.165) is 10.4 Å². The Morgan fingerprint density at radius 1 is 1.31 bits per heavy atom. The summed E-state index contributed by atoms with van der Waals surface area (Å²) in [5, 5.41) is 16.9. The molecule has 0 aliphatic carbocycles. The Labute approximate surface area is 170 Å². The number of fused-ring (bicyclic) bond motifs is 1. The van der Waals surface area contributed by atoms with Gasteiger partial charge >= 0.3 is 0 Å². The van der Waals surface area contributed by atoms with Crippen LogP contribution < -0.4 is 10.9 Å². The molecule has 3 aromatic heterocycles. The van der Waals surface area contributed by atoms with E-state index in [1.54, 1.807) is 18.3 Å². The van der Waals surface area contributed by atoms with E-state index in [-0.39, 0.29) is 35.1 Å². The molecular formula is C21H17N5O2S. The molecule has 0 fully saturated rings. The standard InChI is InChI=1S/C21H17N5O2S/c1-13-16(21(28)26-20(24-13)15(11-22)12-23-26)10-18(27)25-19(17-8-5-9-29-17)14-6-3-2-4-7-14/h2-9,12,19,23H,10H2,1H3,(H,25,27). The first-order valence-electron chi connectivity index (χ1n) is 8.96. The number of aromatic amines is 1. The third kappa shape index (κ3) is 3.56. The van der Waals surface area contributed by atoms with Gasteiger partial charge < -0.3 is 5.32 Å². The van der Waals surface area contributed by atoms with Crippen molar-refractivity contribution in [3.63, 3.8) is 0 Å². The maximum Gasteiger partial charge on any atom is 0.276 e. The zero-order valence-electron chi connectivity index (χ0n) is 15.5. The fourth-order valence-electron chi connectivity index (χ4n) is 3.23. The Kier molecular flexibility index (Phi) is 4.97. The molecular weight excluding hydrogens is 386 g/mol. The van der Waals surface area contributed by atoms with E-state index in [9.17, 15) is 9.59 Å². The molecule has 2 N–H and O–H groups in total. The zero-order chi connectivity index (χ0) is 20.4. The minimum atomic E-state index is -0.378. The van der Waals surface area contributed by atoms with Crippen LogP contribution in [0.3, 0.4) is 0 Å². The van der Waals surface area contributed by atoms with E-state index in [0.29, 0.717) is 11.3 Å². The van der Waals surface area contributed by atoms with Gasteiger partial charge in [-0.25, -0.2) is 9.50 Å². The van der Waals surface area contributed by atoms with E-state index in [4.69, 9.17) is 5.26 Å². The van der Waals surface area contributed by atoms with Crippen LogP contribution in [0.25, 0.3) is 5.65 Å². The summed E-state index contributed by atoms with van der Waals surface area (Å²) in [4.78, 5) is 31.0. The van der Waals surface area contributed by atoms with Crippen molar-refractivity contribution in [2.45, 2.75) is 19.4 Å². The number of H-pyrrole nitrogens is 1. The molecule has 0 radical (unpaired) electrons. The third-order valence-electron chi connectivity index (χ3n) is 4.69. The molecule has 3 heterocycles. The molecule has 1 amide bonds. The van der Waals surface area contributed by atoms with Crippen molar-refractivity contribution in [2.75, 3.05) is 0 Å². The predicted octanol–water partition coefficient (Wildman–Crippen LogP) is 2.71. The summed E-state index contributed by atoms with van der Waals surface area (Å²) in [6.45, 7) is 1.67. The SMILES string of the molecule is Cc1nc2c(C#N)c[nH]n2c(=O)c1CC(=O)NC(c1ccccc1)c1cccs1. The fraction of sp³-hybridized carbons (Fsp3) is 0.143. The summed E-state index contributed by atoms with van der Waals surface area (Å²) in [5.41, 5.74) is 1.87. The molecule has 0 aliphatic heterocycles. The number of nitrogens with zero attached hydrogens (tertiary/aromatic N) is 3. The number of hydrogen-bond donors (Lipinski definition) is 2. The lowest BCUT2D eigenvalue weighted by Crippen LogP contribution is -2.33. The van der Waals surface area contributed by atoms with Gasteiger partial charge in [-0.15, -0.1) is 11.3 Å². The quantitative estimate of drug-likeness (QED) is 0.535. The number of carbonyl (C=O) groups excluding carboxylic acids is 1. The van der Waals surface area contributed by atoms with Crippen LogP contribution in [0.2, 0.25) is 0 Å². The smallest absolute Gasteiger partial charge is 0.276 e. The second-order valence-corrected chi connectivity index (χ2v) is 7.52. The van der Waals surface area contributed by atoms with Crippen molar-refractivity contribution in [3.05, 3.63) is 91.7 Å². The lowest BCUT2D eigenvalue weighted by atomic mass is 10.0. The fourth-order valence-corrected chi connectivity index (χ4v) is 4.04. The van der Waals surface area contributed by atoms with Crippen LogP contribution in [0.5, 0.6) is 0 Å². The third-order valence-corrected chi connectivity index (χ3v) is 5.62. The largest absolute Gasteiger partial charge is 0.344 e. The van der Waals surface area contributed by atoms with Crippen LogP contribution in [0, 0.1) is 18.3 Å². The number of carbonyl (C=O) groups is 1. The van der Waals surface area contributed by atoms with Crippen molar-refractivity contribution < 1.29 is 4.79 Å². The highest BCUT2D eigenvalue weighted by molar-refractivity contribution is 7.10. The second kappa shape index (κ2) is 7.73. The van der Waals surface area contributed by atoms with Crippen molar-refractivity contribution >= 4 is 22.9 Å². The first-order chi connectivity index (χ1) is 14.1. The minimum Gasteiger partial charge on any atom is -0.344 e. The maximum atomic E-state index is 12.8. The number of thiophene rings is 1. The van der Waals surface area contributed by atoms with E-state index in [1.165, 1.54) is 10.7 Å². The molecule has 1 atom stereocenters. The van der Waals surface area contributed by atoms with Crippen LogP contribution >= 0.6 is 11.3 Å². The lowest BCUT2D eigenvalue weighted by molar-refractivity contribution is -0.120. The van der Waals surface area contributed by atoms with Gasteiger partial charge in [0.1, 0.15) is 11.6 Å². The maximum absolute atomic E-state index is 12.8. The van der Waals surface area contributed by atoms with Crippen molar-refractivity contribution in [3.8, 4) is 6.07 Å². The van der Waals surface area contributed by atoms with Gasteiger partial charge in [0.05, 0.1) is 12.5 Å². The number of rotatable bonds is 5. The summed E-state index contributed by atoms with van der Waals surface area (Å²) in [6, 6.07) is 15.3. The van der Waals surface area contributed by atoms with E-state index >= 15 is 0 Å². The van der Waals surface area contributed by atoms with Gasteiger partial charge in [-0.3, -0.25) is 14.7 Å². The Morgan fingerprint density at radius 3 is 2.79 bits per heavy atom. The molecule has 0 aliphatic rings. The molecule has 0 bridgehead atoms. The lowest BCUT2D eigenvalue weighted by Gasteiger charge is -2.18. The molecule has 1 aromatic carbocycles. The minimum absolute atomic E-state index is 0.101. The van der Waals surface area contributed by atoms with Crippen LogP contribution in [-0.2, 0) is 11.2 Å². The van der Waals surface area contributed by atoms with Gasteiger partial charge in [0.25, 0.3) is 5.56 Å². The molecule has 29 heavy (non-hydrogen) atoms. The van der Waals surface area contributed by atoms with Gasteiger partial charge in [0, 0.05) is 22.3 Å². The molecule has 0 spiro atoms. The number of nitriles is 1. The first-order valence-corrected chi connectivity index (χ1v) is 9.84. The molecule has 4 aromatic rings. The van der Waals surface area contributed by atoms with E-state index in [1.807, 2.05) is 53.9 Å². The highest BCUT2D eigenvalue weighted by Gasteiger charge is 2.21. The molecule has 4 rings (SSSR count). The number of benzene rings is 1. The van der Waals surface area contributed by atoms with Crippen LogP contribution in [-0.4, -0.2) is 20.5 Å². The van der Waals surface area contributed by atoms with Gasteiger partial charge in [-0.1, -0.05) is 36.4 Å². The average Bonchev–Trinajstić information content (AvgIpc) is 3.40. The molecule has 0 saturated heterocycles. The zero-order valence-corrected chi connectivity index (χ0v) is 16.4. The highest BCUT2D eigenvalue weighted by Crippen LogP contribution is 2.26. The highest BCUT2D eigenvalue weighted by atomic mass is 32.1. The summed E-state index contributed by atoms with van der Waals surface area (Å²) in [6.07, 6.45) is 1.32. The van der Waals surface area contributed by atoms with Gasteiger partial charge in [0.2, 0.25) is 5.91 Å². The number of aromatic nitrogens is 3. The molecule has 8 heteroatoms. The predicted molar refractivity (Wildman–Crippen MR) is 110 cm³/mol. The molecule has 7 nitrogen and oxygen atoms in total. The number of aryl methyl sites for hydroxylation is 1. The Morgan fingerprint density at radius 2 is 2.10 bits per heavy atom. The van der Waals surface area contributed by atoms with Crippen LogP contribution in [0.1, 0.15) is 33.3 Å². The Balaban J connectivity index is 1.64. The molecule has 0 saturated carbocycles. The van der Waals surface area contributed by atoms with Crippen LogP contribution in [0.15, 0.2) is 58.8 Å². The Hall–Kier alpha value is -3.70. The average molecular weight is 403 g/mol. The monoisotopic (exact) mass is 403 g/mol. The van der Waals surface area contributed by atoms with Crippen molar-refractivity contribution in [1.82, 2.24) is 19.9 Å². The topological polar surface area (TPSA) is 103 Å². The van der Waals surface area contributed by atoms with Gasteiger partial charge in [-0.05, 0) is 23.9 Å². The number of amides is 1. The first kappa shape index (κ1) is 18.7. The second-order valence-electron chi connectivity index (χ2n) is 6.54. The van der Waals surface area contributed by atoms with E-state index < -0.39 is 0 Å². The summed E-state index contributed by atoms with van der Waals surface area (Å²) in [5.74, 6) is -0.277. The van der Waals surface area contributed by atoms with Crippen molar-refractivity contribution in [1.29, 1.82) is 5.26 Å². The summed E-state index contributed by atoms with van der Waals surface area (Å²) < 4.78 is 1.20. The van der Waals surface area contributed by atoms with Gasteiger partial charge in [-0.2, -0.15) is 5.26 Å². The molecule has 144 valence electrons. The van der Waals surface area contributed by atoms with Crippen LogP contribution in [0.4, 0.5) is 0 Å². The normalized spacial score (nSPS) is 11.9. The Bertz CT molecular complexity index is 1270. The number of hydrogen-bond acceptors (Lipinski definition) is 5.